The van der Waals surface area contributed by atoms with E-state index in [0.29, 0.717) is 12.5 Å². The van der Waals surface area contributed by atoms with Crippen molar-refractivity contribution in [2.45, 2.75) is 39.7 Å². The molecule has 2 N–H and O–H groups in total. The molecule has 0 spiro atoms. The summed E-state index contributed by atoms with van der Waals surface area (Å²) in [5.41, 5.74) is 8.53. The molecule has 0 aromatic heterocycles. The molecule has 1 aromatic rings. The molecule has 1 rings (SSSR count). The second-order valence-corrected chi connectivity index (χ2v) is 5.41. The zero-order valence-electron chi connectivity index (χ0n) is 12.6. The molecule has 0 aliphatic heterocycles. The maximum absolute atomic E-state index is 6.12. The first kappa shape index (κ1) is 16.0. The smallest absolute Gasteiger partial charge is 0.122 e. The summed E-state index contributed by atoms with van der Waals surface area (Å²) < 4.78 is 10.8. The van der Waals surface area contributed by atoms with Crippen LogP contribution in [0.3, 0.4) is 0 Å². The second kappa shape index (κ2) is 8.18. The average molecular weight is 265 g/mol. The zero-order valence-corrected chi connectivity index (χ0v) is 12.6. The van der Waals surface area contributed by atoms with Gasteiger partial charge in [-0.3, -0.25) is 0 Å². The van der Waals surface area contributed by atoms with Crippen LogP contribution < -0.4 is 10.5 Å². The molecule has 1 atom stereocenters. The maximum atomic E-state index is 6.12. The highest BCUT2D eigenvalue weighted by atomic mass is 16.5. The first-order valence-corrected chi connectivity index (χ1v) is 7.01. The summed E-state index contributed by atoms with van der Waals surface area (Å²) in [5, 5.41) is 0. The van der Waals surface area contributed by atoms with Crippen molar-refractivity contribution in [2.75, 3.05) is 20.3 Å². The highest BCUT2D eigenvalue weighted by Crippen LogP contribution is 2.21. The van der Waals surface area contributed by atoms with Gasteiger partial charge in [0.2, 0.25) is 0 Å². The molecule has 1 unspecified atom stereocenters. The van der Waals surface area contributed by atoms with E-state index in [1.165, 1.54) is 11.1 Å². The molecule has 108 valence electrons. The van der Waals surface area contributed by atoms with E-state index in [0.717, 1.165) is 25.2 Å². The van der Waals surface area contributed by atoms with Gasteiger partial charge in [-0.25, -0.2) is 0 Å². The SMILES string of the molecule is COCCCOc1cc(CC(N)C(C)C)ccc1C. The van der Waals surface area contributed by atoms with Crippen LogP contribution in [-0.4, -0.2) is 26.4 Å². The zero-order chi connectivity index (χ0) is 14.3. The Morgan fingerprint density at radius 1 is 1.21 bits per heavy atom. The van der Waals surface area contributed by atoms with Crippen LogP contribution in [0.2, 0.25) is 0 Å². The molecule has 19 heavy (non-hydrogen) atoms. The summed E-state index contributed by atoms with van der Waals surface area (Å²) in [6, 6.07) is 6.56. The van der Waals surface area contributed by atoms with Crippen molar-refractivity contribution in [1.29, 1.82) is 0 Å². The summed E-state index contributed by atoms with van der Waals surface area (Å²) in [5.74, 6) is 1.46. The lowest BCUT2D eigenvalue weighted by Gasteiger charge is -2.17. The molecular formula is C16H27NO2. The van der Waals surface area contributed by atoms with E-state index in [9.17, 15) is 0 Å². The molecular weight excluding hydrogens is 238 g/mol. The van der Waals surface area contributed by atoms with Crippen LogP contribution in [0.15, 0.2) is 18.2 Å². The van der Waals surface area contributed by atoms with E-state index in [2.05, 4.69) is 39.0 Å². The van der Waals surface area contributed by atoms with Crippen molar-refractivity contribution >= 4 is 0 Å². The van der Waals surface area contributed by atoms with Crippen molar-refractivity contribution in [3.05, 3.63) is 29.3 Å². The molecule has 0 heterocycles. The molecule has 3 nitrogen and oxygen atoms in total. The highest BCUT2D eigenvalue weighted by molar-refractivity contribution is 5.37. The van der Waals surface area contributed by atoms with Gasteiger partial charge in [-0.1, -0.05) is 26.0 Å². The third kappa shape index (κ3) is 5.62. The van der Waals surface area contributed by atoms with E-state index in [1.807, 2.05) is 0 Å². The lowest BCUT2D eigenvalue weighted by Crippen LogP contribution is -2.28. The van der Waals surface area contributed by atoms with Crippen molar-refractivity contribution in [1.82, 2.24) is 0 Å². The topological polar surface area (TPSA) is 44.5 Å². The van der Waals surface area contributed by atoms with Gasteiger partial charge in [-0.15, -0.1) is 0 Å². The predicted molar refractivity (Wildman–Crippen MR) is 79.7 cm³/mol. The number of hydrogen-bond acceptors (Lipinski definition) is 3. The molecule has 1 aromatic carbocycles. The number of aryl methyl sites for hydroxylation is 1. The summed E-state index contributed by atoms with van der Waals surface area (Å²) in [7, 11) is 1.71. The van der Waals surface area contributed by atoms with Crippen molar-refractivity contribution in [2.24, 2.45) is 11.7 Å². The molecule has 0 saturated carbocycles. The largest absolute Gasteiger partial charge is 0.493 e. The van der Waals surface area contributed by atoms with E-state index >= 15 is 0 Å². The Bertz CT molecular complexity index is 377. The lowest BCUT2D eigenvalue weighted by atomic mass is 9.96. The quantitative estimate of drug-likeness (QED) is 0.735. The van der Waals surface area contributed by atoms with Gasteiger partial charge in [0.25, 0.3) is 0 Å². The average Bonchev–Trinajstić information content (AvgIpc) is 2.38. The molecule has 0 amide bonds. The van der Waals surface area contributed by atoms with Crippen LogP contribution in [0.25, 0.3) is 0 Å². The van der Waals surface area contributed by atoms with Gasteiger partial charge in [0.15, 0.2) is 0 Å². The molecule has 0 aliphatic rings. The van der Waals surface area contributed by atoms with E-state index in [-0.39, 0.29) is 6.04 Å². The number of ether oxygens (including phenoxy) is 2. The lowest BCUT2D eigenvalue weighted by molar-refractivity contribution is 0.172. The fourth-order valence-electron chi connectivity index (χ4n) is 1.82. The van der Waals surface area contributed by atoms with Crippen molar-refractivity contribution in [3.8, 4) is 5.75 Å². The Kier molecular flexibility index (Phi) is 6.89. The van der Waals surface area contributed by atoms with Crippen LogP contribution >= 0.6 is 0 Å². The Balaban J connectivity index is 2.60. The minimum absolute atomic E-state index is 0.198. The van der Waals surface area contributed by atoms with Gasteiger partial charge in [0.05, 0.1) is 6.61 Å². The Labute approximate surface area is 117 Å². The number of methoxy groups -OCH3 is 1. The van der Waals surface area contributed by atoms with Gasteiger partial charge >= 0.3 is 0 Å². The van der Waals surface area contributed by atoms with E-state index in [1.54, 1.807) is 7.11 Å². The van der Waals surface area contributed by atoms with Crippen LogP contribution in [0.4, 0.5) is 0 Å². The van der Waals surface area contributed by atoms with Gasteiger partial charge in [-0.05, 0) is 36.5 Å². The Hall–Kier alpha value is -1.06. The highest BCUT2D eigenvalue weighted by Gasteiger charge is 2.10. The summed E-state index contributed by atoms with van der Waals surface area (Å²) in [4.78, 5) is 0. The number of hydrogen-bond donors (Lipinski definition) is 1. The molecule has 0 radical (unpaired) electrons. The maximum Gasteiger partial charge on any atom is 0.122 e. The van der Waals surface area contributed by atoms with Crippen molar-refractivity contribution in [3.63, 3.8) is 0 Å². The first-order chi connectivity index (χ1) is 9.04. The molecule has 0 saturated heterocycles. The fraction of sp³-hybridized carbons (Fsp3) is 0.625. The van der Waals surface area contributed by atoms with Gasteiger partial charge in [0, 0.05) is 26.2 Å². The minimum Gasteiger partial charge on any atom is -0.493 e. The van der Waals surface area contributed by atoms with Crippen LogP contribution in [0.1, 0.15) is 31.4 Å². The van der Waals surface area contributed by atoms with Crippen LogP contribution in [0, 0.1) is 12.8 Å². The van der Waals surface area contributed by atoms with Gasteiger partial charge in [-0.2, -0.15) is 0 Å². The molecule has 0 aliphatic carbocycles. The second-order valence-electron chi connectivity index (χ2n) is 5.41. The minimum atomic E-state index is 0.198. The number of rotatable bonds is 8. The van der Waals surface area contributed by atoms with Crippen LogP contribution in [-0.2, 0) is 11.2 Å². The number of benzene rings is 1. The summed E-state index contributed by atoms with van der Waals surface area (Å²) in [6.45, 7) is 7.80. The molecule has 3 heteroatoms. The fourth-order valence-corrected chi connectivity index (χ4v) is 1.82. The number of nitrogens with two attached hydrogens (primary N) is 1. The predicted octanol–water partition coefficient (Wildman–Crippen LogP) is 2.94. The van der Waals surface area contributed by atoms with E-state index in [4.69, 9.17) is 15.2 Å². The third-order valence-electron chi connectivity index (χ3n) is 3.33. The van der Waals surface area contributed by atoms with Crippen LogP contribution in [0.5, 0.6) is 5.75 Å². The Morgan fingerprint density at radius 2 is 1.95 bits per heavy atom. The Morgan fingerprint density at radius 3 is 2.58 bits per heavy atom. The normalized spacial score (nSPS) is 12.7. The van der Waals surface area contributed by atoms with E-state index < -0.39 is 0 Å². The van der Waals surface area contributed by atoms with Gasteiger partial charge in [0.1, 0.15) is 5.75 Å². The van der Waals surface area contributed by atoms with Gasteiger partial charge < -0.3 is 15.2 Å². The molecule has 0 fully saturated rings. The molecule has 0 bridgehead atoms. The first-order valence-electron chi connectivity index (χ1n) is 7.01. The third-order valence-corrected chi connectivity index (χ3v) is 3.33. The summed E-state index contributed by atoms with van der Waals surface area (Å²) in [6.07, 6.45) is 1.80. The summed E-state index contributed by atoms with van der Waals surface area (Å²) >= 11 is 0. The van der Waals surface area contributed by atoms with Crippen molar-refractivity contribution < 1.29 is 9.47 Å². The monoisotopic (exact) mass is 265 g/mol. The standard InChI is InChI=1S/C16H27NO2/c1-12(2)15(17)10-14-7-6-13(3)16(11-14)19-9-5-8-18-4/h6-7,11-12,15H,5,8-10,17H2,1-4H3.